The fourth-order valence-corrected chi connectivity index (χ4v) is 2.35. The van der Waals surface area contributed by atoms with E-state index in [1.807, 2.05) is 46.2 Å². The standard InChI is InChI=1S/C16H23FN3/c1-12-6-5-7-15(17)14(12)10-19-8-9-20(13(19)2)11-16(3,4)18/h5-9H,10-11,18H2,1-4H3/q+1. The first-order valence-electron chi connectivity index (χ1n) is 6.86. The van der Waals surface area contributed by atoms with E-state index >= 15 is 0 Å². The van der Waals surface area contributed by atoms with Gasteiger partial charge < -0.3 is 5.73 Å². The topological polar surface area (TPSA) is 34.8 Å². The van der Waals surface area contributed by atoms with Crippen molar-refractivity contribution in [1.82, 2.24) is 4.57 Å². The molecule has 3 nitrogen and oxygen atoms in total. The van der Waals surface area contributed by atoms with Crippen molar-refractivity contribution in [1.29, 1.82) is 0 Å². The summed E-state index contributed by atoms with van der Waals surface area (Å²) < 4.78 is 18.1. The summed E-state index contributed by atoms with van der Waals surface area (Å²) in [5.74, 6) is 0.926. The largest absolute Gasteiger partial charge is 0.322 e. The lowest BCUT2D eigenvalue weighted by atomic mass is 10.1. The second-order valence-electron chi connectivity index (χ2n) is 6.13. The Hall–Kier alpha value is -1.68. The van der Waals surface area contributed by atoms with Crippen LogP contribution in [0.15, 0.2) is 30.6 Å². The van der Waals surface area contributed by atoms with Crippen LogP contribution in [-0.4, -0.2) is 10.1 Å². The van der Waals surface area contributed by atoms with Crippen LogP contribution in [0.2, 0.25) is 0 Å². The van der Waals surface area contributed by atoms with Gasteiger partial charge in [-0.2, -0.15) is 0 Å². The first-order valence-corrected chi connectivity index (χ1v) is 6.86. The number of rotatable bonds is 4. The van der Waals surface area contributed by atoms with Gasteiger partial charge in [-0.15, -0.1) is 0 Å². The van der Waals surface area contributed by atoms with Crippen molar-refractivity contribution in [3.63, 3.8) is 0 Å². The van der Waals surface area contributed by atoms with Crippen LogP contribution in [0.1, 0.15) is 30.8 Å². The van der Waals surface area contributed by atoms with Crippen molar-refractivity contribution in [2.75, 3.05) is 0 Å². The Morgan fingerprint density at radius 3 is 2.60 bits per heavy atom. The van der Waals surface area contributed by atoms with E-state index in [0.717, 1.165) is 23.5 Å². The number of hydrogen-bond donors (Lipinski definition) is 1. The van der Waals surface area contributed by atoms with Gasteiger partial charge in [0.25, 0.3) is 5.82 Å². The van der Waals surface area contributed by atoms with Crippen molar-refractivity contribution in [2.24, 2.45) is 5.73 Å². The molecule has 0 fully saturated rings. The fraction of sp³-hybridized carbons (Fsp3) is 0.438. The quantitative estimate of drug-likeness (QED) is 0.855. The molecule has 1 heterocycles. The summed E-state index contributed by atoms with van der Waals surface area (Å²) in [5, 5.41) is 0. The van der Waals surface area contributed by atoms with Gasteiger partial charge in [-0.25, -0.2) is 13.5 Å². The maximum absolute atomic E-state index is 13.9. The molecular weight excluding hydrogens is 253 g/mol. The molecule has 0 aliphatic heterocycles. The Morgan fingerprint density at radius 1 is 1.30 bits per heavy atom. The smallest absolute Gasteiger partial charge is 0.253 e. The van der Waals surface area contributed by atoms with E-state index in [-0.39, 0.29) is 11.4 Å². The molecule has 0 saturated carbocycles. The van der Waals surface area contributed by atoms with Crippen molar-refractivity contribution in [2.45, 2.75) is 46.3 Å². The lowest BCUT2D eigenvalue weighted by Gasteiger charge is -2.16. The predicted octanol–water partition coefficient (Wildman–Crippen LogP) is 2.32. The second-order valence-corrected chi connectivity index (χ2v) is 6.13. The second kappa shape index (κ2) is 5.37. The van der Waals surface area contributed by atoms with Crippen LogP contribution in [0, 0.1) is 19.7 Å². The third-order valence-corrected chi connectivity index (χ3v) is 3.52. The Bertz CT molecular complexity index is 588. The zero-order valence-corrected chi connectivity index (χ0v) is 12.7. The van der Waals surface area contributed by atoms with E-state index in [4.69, 9.17) is 5.73 Å². The third-order valence-electron chi connectivity index (χ3n) is 3.52. The first kappa shape index (κ1) is 14.7. The van der Waals surface area contributed by atoms with Gasteiger partial charge in [0.15, 0.2) is 0 Å². The van der Waals surface area contributed by atoms with Crippen molar-refractivity contribution < 1.29 is 8.96 Å². The minimum atomic E-state index is -0.268. The minimum absolute atomic E-state index is 0.149. The molecule has 108 valence electrons. The van der Waals surface area contributed by atoms with Crippen LogP contribution in [0.25, 0.3) is 0 Å². The number of halogens is 1. The number of imidazole rings is 1. The van der Waals surface area contributed by atoms with Gasteiger partial charge in [-0.05, 0) is 32.4 Å². The number of nitrogens with zero attached hydrogens (tertiary/aromatic N) is 2. The Kier molecular flexibility index (Phi) is 3.95. The molecule has 0 unspecified atom stereocenters. The van der Waals surface area contributed by atoms with Crippen LogP contribution in [-0.2, 0) is 13.1 Å². The Balaban J connectivity index is 2.27. The highest BCUT2D eigenvalue weighted by Crippen LogP contribution is 2.13. The van der Waals surface area contributed by atoms with E-state index in [1.54, 1.807) is 6.07 Å². The molecule has 0 bridgehead atoms. The number of nitrogens with two attached hydrogens (primary N) is 1. The van der Waals surface area contributed by atoms with E-state index in [9.17, 15) is 4.39 Å². The van der Waals surface area contributed by atoms with Gasteiger partial charge in [0.2, 0.25) is 0 Å². The van der Waals surface area contributed by atoms with Gasteiger partial charge >= 0.3 is 0 Å². The molecule has 1 aromatic carbocycles. The highest BCUT2D eigenvalue weighted by Gasteiger charge is 2.20. The molecule has 0 aliphatic rings. The van der Waals surface area contributed by atoms with Gasteiger partial charge in [0.05, 0.1) is 0 Å². The van der Waals surface area contributed by atoms with Crippen molar-refractivity contribution in [3.05, 3.63) is 53.4 Å². The zero-order valence-electron chi connectivity index (χ0n) is 12.7. The summed E-state index contributed by atoms with van der Waals surface area (Å²) in [6.07, 6.45) is 3.98. The predicted molar refractivity (Wildman–Crippen MR) is 77.9 cm³/mol. The van der Waals surface area contributed by atoms with Crippen LogP contribution < -0.4 is 10.3 Å². The monoisotopic (exact) mass is 276 g/mol. The fourth-order valence-electron chi connectivity index (χ4n) is 2.35. The SMILES string of the molecule is Cc1cccc(F)c1C[n+]1ccn(CC(C)(C)N)c1C. The molecule has 20 heavy (non-hydrogen) atoms. The van der Waals surface area contributed by atoms with Crippen LogP contribution in [0.4, 0.5) is 4.39 Å². The average molecular weight is 276 g/mol. The molecule has 2 aromatic rings. The number of aryl methyl sites for hydroxylation is 1. The van der Waals surface area contributed by atoms with E-state index in [1.165, 1.54) is 6.07 Å². The van der Waals surface area contributed by atoms with Crippen molar-refractivity contribution in [3.8, 4) is 0 Å². The molecule has 2 N–H and O–H groups in total. The first-order chi connectivity index (χ1) is 9.28. The third kappa shape index (κ3) is 3.25. The Morgan fingerprint density at radius 2 is 2.00 bits per heavy atom. The summed E-state index contributed by atoms with van der Waals surface area (Å²) >= 11 is 0. The number of hydrogen-bond acceptors (Lipinski definition) is 1. The van der Waals surface area contributed by atoms with Gasteiger partial charge in [-0.1, -0.05) is 12.1 Å². The molecule has 0 saturated heterocycles. The summed E-state index contributed by atoms with van der Waals surface area (Å²) in [6.45, 7) is 9.25. The van der Waals surface area contributed by atoms with Gasteiger partial charge in [-0.3, -0.25) is 0 Å². The minimum Gasteiger partial charge on any atom is -0.322 e. The molecule has 0 aliphatic carbocycles. The van der Waals surface area contributed by atoms with Gasteiger partial charge in [0, 0.05) is 18.0 Å². The molecular formula is C16H23FN3+. The van der Waals surface area contributed by atoms with E-state index in [2.05, 4.69) is 9.13 Å². The Labute approximate surface area is 119 Å². The zero-order chi connectivity index (χ0) is 14.9. The van der Waals surface area contributed by atoms with Crippen LogP contribution in [0.3, 0.4) is 0 Å². The highest BCUT2D eigenvalue weighted by molar-refractivity contribution is 5.26. The summed E-state index contributed by atoms with van der Waals surface area (Å²) in [4.78, 5) is 0. The molecule has 0 atom stereocenters. The molecule has 1 aromatic heterocycles. The maximum Gasteiger partial charge on any atom is 0.253 e. The number of aromatic nitrogens is 2. The lowest BCUT2D eigenvalue weighted by molar-refractivity contribution is -0.694. The molecule has 4 heteroatoms. The highest BCUT2D eigenvalue weighted by atomic mass is 19.1. The van der Waals surface area contributed by atoms with Crippen LogP contribution in [0.5, 0.6) is 0 Å². The van der Waals surface area contributed by atoms with Crippen LogP contribution >= 0.6 is 0 Å². The van der Waals surface area contributed by atoms with E-state index in [0.29, 0.717) is 6.54 Å². The molecule has 0 spiro atoms. The lowest BCUT2D eigenvalue weighted by Crippen LogP contribution is -2.40. The number of benzene rings is 1. The summed E-state index contributed by atoms with van der Waals surface area (Å²) in [7, 11) is 0. The normalized spacial score (nSPS) is 11.9. The molecule has 0 radical (unpaired) electrons. The summed E-state index contributed by atoms with van der Waals surface area (Å²) in [6, 6.07) is 5.19. The molecule has 0 amide bonds. The summed E-state index contributed by atoms with van der Waals surface area (Å²) in [5.41, 5.74) is 7.50. The maximum atomic E-state index is 13.9. The van der Waals surface area contributed by atoms with Crippen molar-refractivity contribution >= 4 is 0 Å². The van der Waals surface area contributed by atoms with E-state index < -0.39 is 0 Å². The van der Waals surface area contributed by atoms with Gasteiger partial charge in [0.1, 0.15) is 31.3 Å². The molecule has 2 rings (SSSR count). The average Bonchev–Trinajstić information content (AvgIpc) is 2.64.